The van der Waals surface area contributed by atoms with Crippen molar-refractivity contribution in [2.24, 2.45) is 0 Å². The molecule has 4 heteroatoms. The Kier molecular flexibility index (Phi) is 5.63. The van der Waals surface area contributed by atoms with Crippen molar-refractivity contribution in [2.45, 2.75) is 38.9 Å². The molecule has 0 bridgehead atoms. The van der Waals surface area contributed by atoms with E-state index in [2.05, 4.69) is 15.9 Å². The molecule has 1 aromatic carbocycles. The van der Waals surface area contributed by atoms with Gasteiger partial charge < -0.3 is 14.6 Å². The van der Waals surface area contributed by atoms with Crippen LogP contribution in [0.15, 0.2) is 22.7 Å². The van der Waals surface area contributed by atoms with E-state index in [1.807, 2.05) is 39.0 Å². The first kappa shape index (κ1) is 15.5. The van der Waals surface area contributed by atoms with Gasteiger partial charge in [-0.05, 0) is 44.5 Å². The van der Waals surface area contributed by atoms with Crippen LogP contribution in [0, 0.1) is 0 Å². The van der Waals surface area contributed by atoms with Crippen molar-refractivity contribution in [3.63, 3.8) is 0 Å². The highest BCUT2D eigenvalue weighted by molar-refractivity contribution is 9.10. The van der Waals surface area contributed by atoms with Crippen molar-refractivity contribution in [3.05, 3.63) is 28.2 Å². The van der Waals surface area contributed by atoms with E-state index in [1.54, 1.807) is 7.11 Å². The molecule has 0 fully saturated rings. The standard InChI is InChI=1S/C14H21BrO3/c1-14(2,3)18-9-12(16)8-10-7-11(15)5-6-13(10)17-4/h5-7,12,16H,8-9H2,1-4H3. The first-order chi connectivity index (χ1) is 8.31. The molecule has 0 radical (unpaired) electrons. The maximum atomic E-state index is 9.98. The van der Waals surface area contributed by atoms with Gasteiger partial charge in [0, 0.05) is 10.9 Å². The smallest absolute Gasteiger partial charge is 0.122 e. The van der Waals surface area contributed by atoms with Gasteiger partial charge >= 0.3 is 0 Å². The van der Waals surface area contributed by atoms with Crippen molar-refractivity contribution >= 4 is 15.9 Å². The maximum absolute atomic E-state index is 9.98. The molecule has 18 heavy (non-hydrogen) atoms. The monoisotopic (exact) mass is 316 g/mol. The van der Waals surface area contributed by atoms with Gasteiger partial charge in [-0.15, -0.1) is 0 Å². The average molecular weight is 317 g/mol. The molecule has 0 heterocycles. The molecule has 0 aliphatic carbocycles. The Morgan fingerprint density at radius 2 is 2.00 bits per heavy atom. The van der Waals surface area contributed by atoms with Gasteiger partial charge in [0.2, 0.25) is 0 Å². The van der Waals surface area contributed by atoms with Gasteiger partial charge in [-0.3, -0.25) is 0 Å². The van der Waals surface area contributed by atoms with Crippen LogP contribution in [-0.2, 0) is 11.2 Å². The molecule has 3 nitrogen and oxygen atoms in total. The second-order valence-corrected chi connectivity index (χ2v) is 6.15. The third kappa shape index (κ3) is 5.38. The zero-order valence-corrected chi connectivity index (χ0v) is 13.0. The van der Waals surface area contributed by atoms with E-state index in [-0.39, 0.29) is 5.60 Å². The van der Waals surface area contributed by atoms with Crippen molar-refractivity contribution in [1.29, 1.82) is 0 Å². The highest BCUT2D eigenvalue weighted by Gasteiger charge is 2.15. The lowest BCUT2D eigenvalue weighted by Gasteiger charge is -2.22. The van der Waals surface area contributed by atoms with Crippen molar-refractivity contribution in [1.82, 2.24) is 0 Å². The minimum absolute atomic E-state index is 0.234. The second kappa shape index (κ2) is 6.55. The molecule has 1 N–H and O–H groups in total. The van der Waals surface area contributed by atoms with Gasteiger partial charge in [-0.1, -0.05) is 15.9 Å². The summed E-state index contributed by atoms with van der Waals surface area (Å²) in [7, 11) is 1.63. The molecule has 102 valence electrons. The Labute approximate surface area is 117 Å². The quantitative estimate of drug-likeness (QED) is 0.906. The lowest BCUT2D eigenvalue weighted by atomic mass is 10.1. The fourth-order valence-electron chi connectivity index (χ4n) is 1.57. The predicted octanol–water partition coefficient (Wildman–Crippen LogP) is 3.18. The third-order valence-electron chi connectivity index (χ3n) is 2.41. The zero-order valence-electron chi connectivity index (χ0n) is 11.4. The molecule has 0 aliphatic rings. The average Bonchev–Trinajstić information content (AvgIpc) is 2.26. The Morgan fingerprint density at radius 1 is 1.33 bits per heavy atom. The lowest BCUT2D eigenvalue weighted by molar-refractivity contribution is -0.0483. The van der Waals surface area contributed by atoms with E-state index in [0.717, 1.165) is 15.8 Å². The molecular formula is C14H21BrO3. The summed E-state index contributed by atoms with van der Waals surface area (Å²) >= 11 is 3.42. The van der Waals surface area contributed by atoms with Crippen molar-refractivity contribution in [3.8, 4) is 5.75 Å². The summed E-state index contributed by atoms with van der Waals surface area (Å²) in [4.78, 5) is 0. The number of methoxy groups -OCH3 is 1. The minimum atomic E-state index is -0.535. The Morgan fingerprint density at radius 3 is 2.56 bits per heavy atom. The molecule has 0 aromatic heterocycles. The van der Waals surface area contributed by atoms with Crippen LogP contribution < -0.4 is 4.74 Å². The van der Waals surface area contributed by atoms with Gasteiger partial charge in [-0.25, -0.2) is 0 Å². The van der Waals surface area contributed by atoms with E-state index < -0.39 is 6.10 Å². The number of rotatable bonds is 5. The molecule has 0 saturated heterocycles. The van der Waals surface area contributed by atoms with E-state index in [4.69, 9.17) is 9.47 Å². The number of halogens is 1. The fourth-order valence-corrected chi connectivity index (χ4v) is 1.97. The highest BCUT2D eigenvalue weighted by atomic mass is 79.9. The number of hydrogen-bond donors (Lipinski definition) is 1. The number of hydrogen-bond acceptors (Lipinski definition) is 3. The highest BCUT2D eigenvalue weighted by Crippen LogP contribution is 2.24. The summed E-state index contributed by atoms with van der Waals surface area (Å²) in [6, 6.07) is 5.76. The Hall–Kier alpha value is -0.580. The van der Waals surface area contributed by atoms with E-state index >= 15 is 0 Å². The molecule has 1 rings (SSSR count). The van der Waals surface area contributed by atoms with Gasteiger partial charge in [0.25, 0.3) is 0 Å². The number of ether oxygens (including phenoxy) is 2. The molecule has 0 saturated carbocycles. The van der Waals surface area contributed by atoms with Crippen LogP contribution in [0.5, 0.6) is 5.75 Å². The summed E-state index contributed by atoms with van der Waals surface area (Å²) in [5.41, 5.74) is 0.736. The van der Waals surface area contributed by atoms with Crippen LogP contribution in [0.1, 0.15) is 26.3 Å². The normalized spacial score (nSPS) is 13.4. The van der Waals surface area contributed by atoms with Gasteiger partial charge in [0.05, 0.1) is 25.4 Å². The molecule has 1 aromatic rings. The van der Waals surface area contributed by atoms with E-state index in [0.29, 0.717) is 13.0 Å². The minimum Gasteiger partial charge on any atom is -0.496 e. The largest absolute Gasteiger partial charge is 0.496 e. The summed E-state index contributed by atoms with van der Waals surface area (Å²) in [5.74, 6) is 0.785. The molecule has 0 amide bonds. The first-order valence-electron chi connectivity index (χ1n) is 5.96. The van der Waals surface area contributed by atoms with Crippen LogP contribution in [0.2, 0.25) is 0 Å². The van der Waals surface area contributed by atoms with Crippen LogP contribution in [0.25, 0.3) is 0 Å². The summed E-state index contributed by atoms with van der Waals surface area (Å²) < 4.78 is 11.8. The topological polar surface area (TPSA) is 38.7 Å². The van der Waals surface area contributed by atoms with E-state index in [1.165, 1.54) is 0 Å². The van der Waals surface area contributed by atoms with Crippen LogP contribution in [0.4, 0.5) is 0 Å². The molecule has 1 atom stereocenters. The van der Waals surface area contributed by atoms with Gasteiger partial charge in [0.1, 0.15) is 5.75 Å². The van der Waals surface area contributed by atoms with Gasteiger partial charge in [-0.2, -0.15) is 0 Å². The Balaban J connectivity index is 2.63. The summed E-state index contributed by atoms with van der Waals surface area (Å²) in [6.45, 7) is 6.23. The van der Waals surface area contributed by atoms with Crippen molar-refractivity contribution < 1.29 is 14.6 Å². The number of aliphatic hydroxyl groups is 1. The van der Waals surface area contributed by atoms with Crippen LogP contribution in [-0.4, -0.2) is 30.5 Å². The summed E-state index contributed by atoms with van der Waals surface area (Å²) in [6.07, 6.45) is -0.0222. The first-order valence-corrected chi connectivity index (χ1v) is 6.75. The zero-order chi connectivity index (χ0) is 13.8. The SMILES string of the molecule is COc1ccc(Br)cc1CC(O)COC(C)(C)C. The maximum Gasteiger partial charge on any atom is 0.122 e. The molecule has 1 unspecified atom stereocenters. The van der Waals surface area contributed by atoms with Crippen molar-refractivity contribution in [2.75, 3.05) is 13.7 Å². The van der Waals surface area contributed by atoms with Gasteiger partial charge in [0.15, 0.2) is 0 Å². The fraction of sp³-hybridized carbons (Fsp3) is 0.571. The lowest BCUT2D eigenvalue weighted by Crippen LogP contribution is -2.27. The molecule has 0 aliphatic heterocycles. The number of benzene rings is 1. The predicted molar refractivity (Wildman–Crippen MR) is 76.1 cm³/mol. The van der Waals surface area contributed by atoms with Crippen LogP contribution in [0.3, 0.4) is 0 Å². The molecular weight excluding hydrogens is 296 g/mol. The Bertz CT molecular complexity index is 385. The van der Waals surface area contributed by atoms with E-state index in [9.17, 15) is 5.11 Å². The third-order valence-corrected chi connectivity index (χ3v) is 2.90. The second-order valence-electron chi connectivity index (χ2n) is 5.24. The summed E-state index contributed by atoms with van der Waals surface area (Å²) in [5, 5.41) is 9.98. The number of aliphatic hydroxyl groups excluding tert-OH is 1. The van der Waals surface area contributed by atoms with Crippen LogP contribution >= 0.6 is 15.9 Å². The molecule has 0 spiro atoms.